The van der Waals surface area contributed by atoms with E-state index in [0.29, 0.717) is 13.2 Å². The van der Waals surface area contributed by atoms with Crippen LogP contribution in [0.1, 0.15) is 62.3 Å². The molecule has 1 aliphatic rings. The largest absolute Gasteiger partial charge is 0.462 e. The first-order valence-electron chi connectivity index (χ1n) is 8.06. The third-order valence-electron chi connectivity index (χ3n) is 3.85. The van der Waals surface area contributed by atoms with Gasteiger partial charge in [0.1, 0.15) is 18.2 Å². The third-order valence-corrected chi connectivity index (χ3v) is 3.85. The average Bonchev–Trinajstić information content (AvgIpc) is 2.40. The van der Waals surface area contributed by atoms with Gasteiger partial charge in [-0.1, -0.05) is 11.6 Å². The first-order chi connectivity index (χ1) is 10.3. The molecule has 0 bridgehead atoms. The zero-order chi connectivity index (χ0) is 18.4. The molecule has 0 saturated carbocycles. The summed E-state index contributed by atoms with van der Waals surface area (Å²) in [5, 5.41) is 0. The van der Waals surface area contributed by atoms with Gasteiger partial charge in [0.15, 0.2) is 0 Å². The predicted octanol–water partition coefficient (Wildman–Crippen LogP) is 3.33. The van der Waals surface area contributed by atoms with E-state index in [1.165, 1.54) is 12.5 Å². The molecule has 0 N–H and O–H groups in total. The molecule has 134 valence electrons. The van der Waals surface area contributed by atoms with Gasteiger partial charge < -0.3 is 9.47 Å². The number of cyclic esters (lactones) is 1. The highest BCUT2D eigenvalue weighted by molar-refractivity contribution is 5.80. The number of allylic oxidation sites excluding steroid dienone is 2. The number of hydrogen-bond acceptors (Lipinski definition) is 5. The highest BCUT2D eigenvalue weighted by Crippen LogP contribution is 2.31. The zero-order valence-electron chi connectivity index (χ0n) is 16.1. The number of morpholine rings is 1. The summed E-state index contributed by atoms with van der Waals surface area (Å²) in [6.45, 7) is 18.0. The maximum Gasteiger partial charge on any atom is 0.326 e. The summed E-state index contributed by atoms with van der Waals surface area (Å²) in [4.78, 5) is 24.8. The fourth-order valence-electron chi connectivity index (χ4n) is 2.42. The van der Waals surface area contributed by atoms with Crippen LogP contribution in [0.4, 0.5) is 0 Å². The van der Waals surface area contributed by atoms with Crippen molar-refractivity contribution in [2.24, 2.45) is 0 Å². The molecule has 5 heteroatoms. The van der Waals surface area contributed by atoms with Crippen LogP contribution in [0.3, 0.4) is 0 Å². The lowest BCUT2D eigenvalue weighted by molar-refractivity contribution is -0.184. The normalized spacial score (nSPS) is 20.5. The van der Waals surface area contributed by atoms with Crippen molar-refractivity contribution in [3.05, 3.63) is 11.6 Å². The van der Waals surface area contributed by atoms with Crippen LogP contribution in [0.5, 0.6) is 0 Å². The van der Waals surface area contributed by atoms with Crippen molar-refractivity contribution in [2.75, 3.05) is 13.2 Å². The van der Waals surface area contributed by atoms with Crippen molar-refractivity contribution in [2.45, 2.75) is 79.5 Å². The van der Waals surface area contributed by atoms with Crippen LogP contribution in [0, 0.1) is 0 Å². The standard InChI is InChI=1S/C13H23NO4.C5H10/c1-9(18-10(2)15)7-14-12(3,4)8-17-11(16)13(14,5)6;1-4-5(2)3/h9H,7-8H2,1-6H3;4H,1-3H3. The van der Waals surface area contributed by atoms with Crippen LogP contribution >= 0.6 is 0 Å². The number of nitrogens with zero attached hydrogens (tertiary/aromatic N) is 1. The van der Waals surface area contributed by atoms with Crippen LogP contribution < -0.4 is 0 Å². The van der Waals surface area contributed by atoms with Crippen molar-refractivity contribution in [3.8, 4) is 0 Å². The molecule has 1 atom stereocenters. The molecule has 1 heterocycles. The Kier molecular flexibility index (Phi) is 7.98. The van der Waals surface area contributed by atoms with E-state index in [4.69, 9.17) is 9.47 Å². The van der Waals surface area contributed by atoms with E-state index < -0.39 is 5.54 Å². The van der Waals surface area contributed by atoms with Gasteiger partial charge in [-0.15, -0.1) is 0 Å². The lowest BCUT2D eigenvalue weighted by Crippen LogP contribution is -2.67. The number of carbonyl (C=O) groups is 2. The molecule has 0 radical (unpaired) electrons. The van der Waals surface area contributed by atoms with E-state index in [9.17, 15) is 9.59 Å². The molecule has 1 rings (SSSR count). The fraction of sp³-hybridized carbons (Fsp3) is 0.778. The second-order valence-corrected chi connectivity index (χ2v) is 7.34. The van der Waals surface area contributed by atoms with Gasteiger partial charge in [-0.2, -0.15) is 0 Å². The number of hydrogen-bond donors (Lipinski definition) is 0. The minimum Gasteiger partial charge on any atom is -0.462 e. The Hall–Kier alpha value is -1.36. The van der Waals surface area contributed by atoms with Crippen LogP contribution in [0.25, 0.3) is 0 Å². The van der Waals surface area contributed by atoms with E-state index in [2.05, 4.69) is 19.9 Å². The summed E-state index contributed by atoms with van der Waals surface area (Å²) >= 11 is 0. The van der Waals surface area contributed by atoms with Crippen LogP contribution in [0.15, 0.2) is 11.6 Å². The molecule has 0 spiro atoms. The van der Waals surface area contributed by atoms with Gasteiger partial charge in [0, 0.05) is 13.5 Å². The molecule has 1 fully saturated rings. The molecule has 0 amide bonds. The Morgan fingerprint density at radius 1 is 1.30 bits per heavy atom. The van der Waals surface area contributed by atoms with E-state index in [1.807, 2.05) is 46.4 Å². The van der Waals surface area contributed by atoms with Gasteiger partial charge in [0.2, 0.25) is 0 Å². The maximum atomic E-state index is 11.8. The molecule has 1 unspecified atom stereocenters. The maximum absolute atomic E-state index is 11.8. The SMILES string of the molecule is CC(=O)OC(C)CN1C(C)(C)COC(=O)C1(C)C.CC=C(C)C. The second kappa shape index (κ2) is 8.48. The highest BCUT2D eigenvalue weighted by atomic mass is 16.5. The summed E-state index contributed by atoms with van der Waals surface area (Å²) in [6.07, 6.45) is 1.83. The summed E-state index contributed by atoms with van der Waals surface area (Å²) in [5.74, 6) is -0.547. The molecule has 0 aromatic rings. The summed E-state index contributed by atoms with van der Waals surface area (Å²) in [5.41, 5.74) is 0.395. The van der Waals surface area contributed by atoms with Gasteiger partial charge in [-0.05, 0) is 55.4 Å². The first kappa shape index (κ1) is 21.6. The van der Waals surface area contributed by atoms with Crippen molar-refractivity contribution in [3.63, 3.8) is 0 Å². The van der Waals surface area contributed by atoms with Gasteiger partial charge >= 0.3 is 11.9 Å². The lowest BCUT2D eigenvalue weighted by Gasteiger charge is -2.51. The van der Waals surface area contributed by atoms with Crippen LogP contribution in [-0.4, -0.2) is 47.2 Å². The second-order valence-electron chi connectivity index (χ2n) is 7.34. The summed E-state index contributed by atoms with van der Waals surface area (Å²) < 4.78 is 10.4. The molecule has 0 aromatic carbocycles. The fourth-order valence-corrected chi connectivity index (χ4v) is 2.42. The van der Waals surface area contributed by atoms with Gasteiger partial charge in [0.05, 0.1) is 5.54 Å². The number of esters is 2. The summed E-state index contributed by atoms with van der Waals surface area (Å²) in [7, 11) is 0. The molecule has 0 aromatic heterocycles. The highest BCUT2D eigenvalue weighted by Gasteiger charge is 2.49. The number of carbonyl (C=O) groups excluding carboxylic acids is 2. The molecular weight excluding hydrogens is 294 g/mol. The van der Waals surface area contributed by atoms with E-state index >= 15 is 0 Å². The Morgan fingerprint density at radius 2 is 1.78 bits per heavy atom. The predicted molar refractivity (Wildman–Crippen MR) is 92.2 cm³/mol. The molecule has 1 aliphatic heterocycles. The summed E-state index contributed by atoms with van der Waals surface area (Å²) in [6, 6.07) is 0. The molecule has 1 saturated heterocycles. The van der Waals surface area contributed by atoms with Gasteiger partial charge in [-0.3, -0.25) is 14.5 Å². The molecule has 0 aliphatic carbocycles. The Bertz CT molecular complexity index is 448. The first-order valence-corrected chi connectivity index (χ1v) is 8.06. The Balaban J connectivity index is 0.000000841. The topological polar surface area (TPSA) is 55.8 Å². The number of rotatable bonds is 3. The monoisotopic (exact) mass is 327 g/mol. The lowest BCUT2D eigenvalue weighted by atomic mass is 9.90. The Morgan fingerprint density at radius 3 is 2.17 bits per heavy atom. The van der Waals surface area contributed by atoms with Gasteiger partial charge in [-0.25, -0.2) is 0 Å². The molecule has 23 heavy (non-hydrogen) atoms. The smallest absolute Gasteiger partial charge is 0.326 e. The zero-order valence-corrected chi connectivity index (χ0v) is 16.1. The van der Waals surface area contributed by atoms with E-state index in [0.717, 1.165) is 0 Å². The minimum absolute atomic E-state index is 0.239. The Labute approximate surface area is 141 Å². The van der Waals surface area contributed by atoms with E-state index in [1.54, 1.807) is 0 Å². The van der Waals surface area contributed by atoms with Crippen molar-refractivity contribution >= 4 is 11.9 Å². The third kappa shape index (κ3) is 6.73. The minimum atomic E-state index is -0.712. The average molecular weight is 327 g/mol. The quantitative estimate of drug-likeness (QED) is 0.588. The van der Waals surface area contributed by atoms with Gasteiger partial charge in [0.25, 0.3) is 0 Å². The molecular formula is C18H33NO4. The van der Waals surface area contributed by atoms with Crippen LogP contribution in [-0.2, 0) is 19.1 Å². The van der Waals surface area contributed by atoms with Crippen molar-refractivity contribution in [1.29, 1.82) is 0 Å². The van der Waals surface area contributed by atoms with Crippen molar-refractivity contribution in [1.82, 2.24) is 4.90 Å². The number of ether oxygens (including phenoxy) is 2. The van der Waals surface area contributed by atoms with Crippen molar-refractivity contribution < 1.29 is 19.1 Å². The van der Waals surface area contributed by atoms with Crippen LogP contribution in [0.2, 0.25) is 0 Å². The molecule has 5 nitrogen and oxygen atoms in total. The van der Waals surface area contributed by atoms with E-state index in [-0.39, 0.29) is 23.6 Å².